The van der Waals surface area contributed by atoms with Crippen molar-refractivity contribution in [3.05, 3.63) is 58.9 Å². The van der Waals surface area contributed by atoms with E-state index < -0.39 is 36.7 Å². The summed E-state index contributed by atoms with van der Waals surface area (Å²) in [6.45, 7) is 0.403. The molecule has 0 fully saturated rings. The Morgan fingerprint density at radius 3 is 2.31 bits per heavy atom. The molecule has 3 rings (SSSR count). The molecule has 1 heterocycles. The lowest BCUT2D eigenvalue weighted by atomic mass is 9.99. The number of carbonyl (C=O) groups excluding carboxylic acids is 1. The van der Waals surface area contributed by atoms with Crippen LogP contribution in [0.1, 0.15) is 21.5 Å². The number of nitrogens with one attached hydrogen (secondary N) is 2. The number of fused-ring (bicyclic) bond motifs is 1. The monoisotopic (exact) mass is 441 g/mol. The summed E-state index contributed by atoms with van der Waals surface area (Å²) in [6.07, 6.45) is 0.320. The summed E-state index contributed by atoms with van der Waals surface area (Å²) in [4.78, 5) is 13.9. The van der Waals surface area contributed by atoms with Crippen molar-refractivity contribution in [1.82, 2.24) is 14.3 Å². The predicted molar refractivity (Wildman–Crippen MR) is 104 cm³/mol. The molecule has 2 N–H and O–H groups in total. The highest BCUT2D eigenvalue weighted by Gasteiger charge is 2.28. The lowest BCUT2D eigenvalue weighted by Gasteiger charge is -2.30. The molecule has 1 aliphatic heterocycles. The topological polar surface area (TPSA) is 113 Å². The molecular weight excluding hydrogens is 421 g/mol. The quantitative estimate of drug-likeness (QED) is 0.714. The molecule has 1 aliphatic rings. The standard InChI is InChI=1S/C18H20FN3O5S2/c1-20-28(24,25)16-5-3-4-13-11-22(9-8-14(13)16)18(23)12-6-7-15(19)17(10-12)29(26,27)21-2/h3-7,10,20-21H,8-9,11H2,1-2H3. The van der Waals surface area contributed by atoms with Gasteiger partial charge in [0.25, 0.3) is 5.91 Å². The first-order valence-corrected chi connectivity index (χ1v) is 11.6. The molecule has 0 aliphatic carbocycles. The van der Waals surface area contributed by atoms with Crippen LogP contribution in [0.3, 0.4) is 0 Å². The van der Waals surface area contributed by atoms with Gasteiger partial charge in [-0.05, 0) is 55.9 Å². The van der Waals surface area contributed by atoms with Gasteiger partial charge in [0.1, 0.15) is 10.7 Å². The number of amides is 1. The Hall–Kier alpha value is -2.34. The van der Waals surface area contributed by atoms with Gasteiger partial charge in [-0.15, -0.1) is 0 Å². The van der Waals surface area contributed by atoms with Crippen molar-refractivity contribution in [1.29, 1.82) is 0 Å². The number of carbonyl (C=O) groups is 1. The van der Waals surface area contributed by atoms with Crippen molar-refractivity contribution in [2.45, 2.75) is 22.8 Å². The fourth-order valence-corrected chi connectivity index (χ4v) is 5.11. The van der Waals surface area contributed by atoms with Crippen LogP contribution in [0, 0.1) is 5.82 Å². The van der Waals surface area contributed by atoms with Crippen LogP contribution in [0.4, 0.5) is 4.39 Å². The number of hydrogen-bond acceptors (Lipinski definition) is 5. The van der Waals surface area contributed by atoms with E-state index in [1.165, 1.54) is 24.1 Å². The van der Waals surface area contributed by atoms with E-state index in [-0.39, 0.29) is 23.5 Å². The van der Waals surface area contributed by atoms with Crippen molar-refractivity contribution >= 4 is 26.0 Å². The Bertz CT molecular complexity index is 1180. The minimum atomic E-state index is -4.06. The average Bonchev–Trinajstić information content (AvgIpc) is 2.72. The largest absolute Gasteiger partial charge is 0.334 e. The molecule has 2 aromatic rings. The molecular formula is C18H20FN3O5S2. The molecule has 8 nitrogen and oxygen atoms in total. The third-order valence-corrected chi connectivity index (χ3v) is 7.73. The normalized spacial score (nSPS) is 14.5. The summed E-state index contributed by atoms with van der Waals surface area (Å²) in [7, 11) is -5.20. The van der Waals surface area contributed by atoms with Crippen LogP contribution >= 0.6 is 0 Å². The van der Waals surface area contributed by atoms with E-state index in [1.54, 1.807) is 12.1 Å². The second-order valence-corrected chi connectivity index (χ2v) is 10.1. The second kappa shape index (κ2) is 7.82. The molecule has 156 valence electrons. The number of halogens is 1. The lowest BCUT2D eigenvalue weighted by molar-refractivity contribution is 0.0733. The third-order valence-electron chi connectivity index (χ3n) is 4.80. The molecule has 1 amide bonds. The summed E-state index contributed by atoms with van der Waals surface area (Å²) < 4.78 is 66.6. The Labute approximate surface area is 168 Å². The van der Waals surface area contributed by atoms with Crippen LogP contribution in [0.5, 0.6) is 0 Å². The maximum absolute atomic E-state index is 13.9. The molecule has 0 spiro atoms. The van der Waals surface area contributed by atoms with Crippen LogP contribution in [0.15, 0.2) is 46.2 Å². The smallest absolute Gasteiger partial charge is 0.254 e. The summed E-state index contributed by atoms with van der Waals surface area (Å²) >= 11 is 0. The zero-order valence-corrected chi connectivity index (χ0v) is 17.4. The highest BCUT2D eigenvalue weighted by atomic mass is 32.2. The van der Waals surface area contributed by atoms with Crippen LogP contribution in [-0.2, 0) is 33.0 Å². The van der Waals surface area contributed by atoms with Gasteiger partial charge in [0.15, 0.2) is 0 Å². The third kappa shape index (κ3) is 4.04. The first-order chi connectivity index (χ1) is 13.6. The van der Waals surface area contributed by atoms with E-state index in [9.17, 15) is 26.0 Å². The molecule has 0 bridgehead atoms. The molecule has 2 aromatic carbocycles. The van der Waals surface area contributed by atoms with Crippen molar-refractivity contribution in [3.63, 3.8) is 0 Å². The highest BCUT2D eigenvalue weighted by molar-refractivity contribution is 7.89. The zero-order valence-electron chi connectivity index (χ0n) is 15.8. The van der Waals surface area contributed by atoms with Crippen LogP contribution < -0.4 is 9.44 Å². The van der Waals surface area contributed by atoms with Crippen LogP contribution in [0.25, 0.3) is 0 Å². The molecule has 0 unspecified atom stereocenters. The summed E-state index contributed by atoms with van der Waals surface area (Å²) in [5.41, 5.74) is 1.36. The van der Waals surface area contributed by atoms with Gasteiger partial charge < -0.3 is 4.90 Å². The summed E-state index contributed by atoms with van der Waals surface area (Å²) in [5, 5.41) is 0. The van der Waals surface area contributed by atoms with Gasteiger partial charge in [0.05, 0.1) is 4.90 Å². The SMILES string of the molecule is CNS(=O)(=O)c1cc(C(=O)N2CCc3c(cccc3S(=O)(=O)NC)C2)ccc1F. The van der Waals surface area contributed by atoms with E-state index >= 15 is 0 Å². The van der Waals surface area contributed by atoms with E-state index in [0.717, 1.165) is 19.2 Å². The Morgan fingerprint density at radius 1 is 1.00 bits per heavy atom. The van der Waals surface area contributed by atoms with Crippen molar-refractivity contribution < 1.29 is 26.0 Å². The van der Waals surface area contributed by atoms with E-state index in [4.69, 9.17) is 0 Å². The maximum atomic E-state index is 13.9. The predicted octanol–water partition coefficient (Wildman–Crippen LogP) is 0.840. The highest BCUT2D eigenvalue weighted by Crippen LogP contribution is 2.27. The van der Waals surface area contributed by atoms with Crippen molar-refractivity contribution in [3.8, 4) is 0 Å². The molecule has 0 radical (unpaired) electrons. The van der Waals surface area contributed by atoms with Gasteiger partial charge in [0, 0.05) is 18.7 Å². The van der Waals surface area contributed by atoms with Crippen LogP contribution in [-0.4, -0.2) is 48.3 Å². The number of sulfonamides is 2. The molecule has 0 atom stereocenters. The maximum Gasteiger partial charge on any atom is 0.254 e. The zero-order chi connectivity index (χ0) is 21.4. The Morgan fingerprint density at radius 2 is 1.66 bits per heavy atom. The minimum Gasteiger partial charge on any atom is -0.334 e. The summed E-state index contributed by atoms with van der Waals surface area (Å²) in [6, 6.07) is 8.02. The minimum absolute atomic E-state index is 0.0303. The fraction of sp³-hybridized carbons (Fsp3) is 0.278. The molecule has 0 saturated heterocycles. The van der Waals surface area contributed by atoms with Gasteiger partial charge in [-0.2, -0.15) is 0 Å². The second-order valence-electron chi connectivity index (χ2n) is 6.43. The summed E-state index contributed by atoms with van der Waals surface area (Å²) in [5.74, 6) is -1.42. The Kier molecular flexibility index (Phi) is 5.77. The van der Waals surface area contributed by atoms with Crippen molar-refractivity contribution in [2.24, 2.45) is 0 Å². The van der Waals surface area contributed by atoms with Gasteiger partial charge in [0.2, 0.25) is 20.0 Å². The molecule has 29 heavy (non-hydrogen) atoms. The van der Waals surface area contributed by atoms with E-state index in [1.807, 2.05) is 4.72 Å². The number of rotatable bonds is 5. The number of hydrogen-bond donors (Lipinski definition) is 2. The van der Waals surface area contributed by atoms with Gasteiger partial charge in [-0.25, -0.2) is 30.7 Å². The number of nitrogens with zero attached hydrogens (tertiary/aromatic N) is 1. The first kappa shape index (κ1) is 21.4. The first-order valence-electron chi connectivity index (χ1n) is 8.67. The molecule has 0 saturated carbocycles. The number of benzene rings is 2. The van der Waals surface area contributed by atoms with E-state index in [0.29, 0.717) is 17.5 Å². The van der Waals surface area contributed by atoms with E-state index in [2.05, 4.69) is 4.72 Å². The Balaban J connectivity index is 1.93. The van der Waals surface area contributed by atoms with Gasteiger partial charge >= 0.3 is 0 Å². The molecule has 11 heteroatoms. The average molecular weight is 442 g/mol. The van der Waals surface area contributed by atoms with Crippen molar-refractivity contribution in [2.75, 3.05) is 20.6 Å². The molecule has 0 aromatic heterocycles. The van der Waals surface area contributed by atoms with Gasteiger partial charge in [-0.3, -0.25) is 4.79 Å². The van der Waals surface area contributed by atoms with Gasteiger partial charge in [-0.1, -0.05) is 12.1 Å². The lowest BCUT2D eigenvalue weighted by Crippen LogP contribution is -2.37. The van der Waals surface area contributed by atoms with Crippen LogP contribution in [0.2, 0.25) is 0 Å². The fourth-order valence-electron chi connectivity index (χ4n) is 3.24.